The second-order valence-electron chi connectivity index (χ2n) is 4.98. The Kier molecular flexibility index (Phi) is 5.14. The highest BCUT2D eigenvalue weighted by molar-refractivity contribution is 7.89. The van der Waals surface area contributed by atoms with Crippen LogP contribution in [-0.4, -0.2) is 35.6 Å². The molecule has 1 saturated carbocycles. The van der Waals surface area contributed by atoms with Gasteiger partial charge in [0.05, 0.1) is 22.2 Å². The first-order chi connectivity index (χ1) is 9.79. The van der Waals surface area contributed by atoms with Crippen molar-refractivity contribution in [2.75, 3.05) is 5.75 Å². The van der Waals surface area contributed by atoms with E-state index in [4.69, 9.17) is 28.3 Å². The number of nitrogens with zero attached hydrogens (tertiary/aromatic N) is 1. The van der Waals surface area contributed by atoms with Gasteiger partial charge in [0, 0.05) is 12.6 Å². The van der Waals surface area contributed by atoms with Gasteiger partial charge in [-0.3, -0.25) is 4.79 Å². The van der Waals surface area contributed by atoms with E-state index >= 15 is 0 Å². The number of benzene rings is 1. The van der Waals surface area contributed by atoms with Crippen LogP contribution in [0.15, 0.2) is 18.2 Å². The first-order valence-corrected chi connectivity index (χ1v) is 8.81. The summed E-state index contributed by atoms with van der Waals surface area (Å²) in [6.07, 6.45) is 1.20. The Bertz CT molecular complexity index is 644. The molecule has 1 fully saturated rings. The number of carbonyl (C=O) groups is 1. The van der Waals surface area contributed by atoms with Gasteiger partial charge >= 0.3 is 5.97 Å². The van der Waals surface area contributed by atoms with Crippen LogP contribution in [0, 0.1) is 0 Å². The average Bonchev–Trinajstić information content (AvgIpc) is 3.22. The molecular weight excluding hydrogens is 337 g/mol. The van der Waals surface area contributed by atoms with Crippen LogP contribution < -0.4 is 0 Å². The average molecular weight is 352 g/mol. The number of halogens is 2. The van der Waals surface area contributed by atoms with Crippen molar-refractivity contribution in [1.29, 1.82) is 0 Å². The van der Waals surface area contributed by atoms with Crippen molar-refractivity contribution in [3.05, 3.63) is 33.8 Å². The normalized spacial score (nSPS) is 15.4. The molecule has 1 aliphatic carbocycles. The highest BCUT2D eigenvalue weighted by Crippen LogP contribution is 2.32. The maximum absolute atomic E-state index is 12.3. The van der Waals surface area contributed by atoms with Crippen LogP contribution in [0.2, 0.25) is 10.0 Å². The lowest BCUT2D eigenvalue weighted by Gasteiger charge is -2.21. The van der Waals surface area contributed by atoms with Crippen molar-refractivity contribution in [3.63, 3.8) is 0 Å². The van der Waals surface area contributed by atoms with E-state index < -0.39 is 22.4 Å². The summed E-state index contributed by atoms with van der Waals surface area (Å²) in [6, 6.07) is 4.93. The van der Waals surface area contributed by atoms with Gasteiger partial charge < -0.3 is 5.11 Å². The molecule has 0 heterocycles. The van der Waals surface area contributed by atoms with Gasteiger partial charge in [0.25, 0.3) is 0 Å². The topological polar surface area (TPSA) is 74.7 Å². The van der Waals surface area contributed by atoms with E-state index in [0.717, 1.165) is 18.4 Å². The standard InChI is InChI=1S/C13H15Cl2NO4S/c14-11-4-1-9(7-12(11)15)8-16(10-2-3-10)21(19,20)6-5-13(17)18/h1,4,7,10H,2-3,5-6,8H2,(H,17,18). The van der Waals surface area contributed by atoms with Gasteiger partial charge in [-0.25, -0.2) is 8.42 Å². The molecule has 0 saturated heterocycles. The first-order valence-electron chi connectivity index (χ1n) is 6.45. The number of carboxylic acids is 1. The molecule has 0 spiro atoms. The molecule has 8 heteroatoms. The Hall–Kier alpha value is -0.820. The van der Waals surface area contributed by atoms with Crippen molar-refractivity contribution in [3.8, 4) is 0 Å². The highest BCUT2D eigenvalue weighted by Gasteiger charge is 2.37. The van der Waals surface area contributed by atoms with Crippen LogP contribution >= 0.6 is 23.2 Å². The minimum atomic E-state index is -3.60. The molecule has 0 bridgehead atoms. The molecular formula is C13H15Cl2NO4S. The second-order valence-corrected chi connectivity index (χ2v) is 7.84. The number of rotatable bonds is 7. The molecule has 1 N–H and O–H groups in total. The molecule has 1 aliphatic rings. The van der Waals surface area contributed by atoms with Crippen molar-refractivity contribution >= 4 is 39.2 Å². The lowest BCUT2D eigenvalue weighted by molar-refractivity contribution is -0.136. The van der Waals surface area contributed by atoms with E-state index in [1.54, 1.807) is 18.2 Å². The molecule has 1 aromatic rings. The molecule has 0 unspecified atom stereocenters. The van der Waals surface area contributed by atoms with Crippen LogP contribution in [-0.2, 0) is 21.4 Å². The summed E-state index contributed by atoms with van der Waals surface area (Å²) in [5.74, 6) is -1.51. The zero-order valence-electron chi connectivity index (χ0n) is 11.1. The summed E-state index contributed by atoms with van der Waals surface area (Å²) in [5.41, 5.74) is 0.732. The molecule has 116 valence electrons. The van der Waals surface area contributed by atoms with E-state index in [0.29, 0.717) is 10.0 Å². The maximum atomic E-state index is 12.3. The van der Waals surface area contributed by atoms with Crippen LogP contribution in [0.4, 0.5) is 0 Å². The predicted octanol–water partition coefficient (Wildman–Crippen LogP) is 2.76. The first kappa shape index (κ1) is 16.5. The van der Waals surface area contributed by atoms with Crippen molar-refractivity contribution in [2.45, 2.75) is 31.8 Å². The van der Waals surface area contributed by atoms with Crippen molar-refractivity contribution in [1.82, 2.24) is 4.31 Å². The van der Waals surface area contributed by atoms with Crippen LogP contribution in [0.1, 0.15) is 24.8 Å². The molecule has 21 heavy (non-hydrogen) atoms. The van der Waals surface area contributed by atoms with E-state index in [-0.39, 0.29) is 18.3 Å². The highest BCUT2D eigenvalue weighted by atomic mass is 35.5. The SMILES string of the molecule is O=C(O)CCS(=O)(=O)N(Cc1ccc(Cl)c(Cl)c1)C1CC1. The molecule has 5 nitrogen and oxygen atoms in total. The Balaban J connectivity index is 2.15. The minimum absolute atomic E-state index is 0.0433. The van der Waals surface area contributed by atoms with Crippen LogP contribution in [0.5, 0.6) is 0 Å². The molecule has 0 aliphatic heterocycles. The van der Waals surface area contributed by atoms with E-state index in [1.165, 1.54) is 4.31 Å². The van der Waals surface area contributed by atoms with Gasteiger partial charge in [0.15, 0.2) is 0 Å². The summed E-state index contributed by atoms with van der Waals surface area (Å²) in [4.78, 5) is 10.6. The number of carboxylic acid groups (broad SMARTS) is 1. The third-order valence-electron chi connectivity index (χ3n) is 3.21. The largest absolute Gasteiger partial charge is 0.481 e. The summed E-state index contributed by atoms with van der Waals surface area (Å²) >= 11 is 11.8. The van der Waals surface area contributed by atoms with Gasteiger partial charge in [-0.05, 0) is 30.5 Å². The molecule has 2 rings (SSSR count). The molecule has 0 atom stereocenters. The Morgan fingerprint density at radius 3 is 2.48 bits per heavy atom. The van der Waals surface area contributed by atoms with E-state index in [1.807, 2.05) is 0 Å². The number of hydrogen-bond acceptors (Lipinski definition) is 3. The van der Waals surface area contributed by atoms with Crippen molar-refractivity contribution in [2.24, 2.45) is 0 Å². The van der Waals surface area contributed by atoms with E-state index in [9.17, 15) is 13.2 Å². The predicted molar refractivity (Wildman–Crippen MR) is 81.1 cm³/mol. The smallest absolute Gasteiger partial charge is 0.304 e. The van der Waals surface area contributed by atoms with Crippen LogP contribution in [0.25, 0.3) is 0 Å². The number of sulfonamides is 1. The fraction of sp³-hybridized carbons (Fsp3) is 0.462. The molecule has 1 aromatic carbocycles. The third-order valence-corrected chi connectivity index (χ3v) is 5.81. The Morgan fingerprint density at radius 1 is 1.29 bits per heavy atom. The van der Waals surface area contributed by atoms with Gasteiger partial charge in [0.1, 0.15) is 0 Å². The summed E-state index contributed by atoms with van der Waals surface area (Å²) in [5, 5.41) is 9.43. The quantitative estimate of drug-likeness (QED) is 0.819. The lowest BCUT2D eigenvalue weighted by Crippen LogP contribution is -2.35. The minimum Gasteiger partial charge on any atom is -0.481 e. The molecule has 0 radical (unpaired) electrons. The third kappa shape index (κ3) is 4.57. The fourth-order valence-corrected chi connectivity index (χ4v) is 3.97. The van der Waals surface area contributed by atoms with Gasteiger partial charge in [-0.2, -0.15) is 4.31 Å². The van der Waals surface area contributed by atoms with Gasteiger partial charge in [0.2, 0.25) is 10.0 Å². The Labute approximate surface area is 133 Å². The number of hydrogen-bond donors (Lipinski definition) is 1. The zero-order chi connectivity index (χ0) is 15.6. The number of aliphatic carboxylic acids is 1. The lowest BCUT2D eigenvalue weighted by atomic mass is 10.2. The molecule has 0 amide bonds. The van der Waals surface area contributed by atoms with Crippen molar-refractivity contribution < 1.29 is 18.3 Å². The maximum Gasteiger partial charge on any atom is 0.304 e. The summed E-state index contributed by atoms with van der Waals surface area (Å²) in [6.45, 7) is 0.184. The fourth-order valence-electron chi connectivity index (χ4n) is 1.97. The van der Waals surface area contributed by atoms with Crippen LogP contribution in [0.3, 0.4) is 0 Å². The van der Waals surface area contributed by atoms with Gasteiger partial charge in [-0.1, -0.05) is 29.3 Å². The summed E-state index contributed by atoms with van der Waals surface area (Å²) < 4.78 is 25.9. The molecule has 0 aromatic heterocycles. The monoisotopic (exact) mass is 351 g/mol. The second kappa shape index (κ2) is 6.52. The summed E-state index contributed by atoms with van der Waals surface area (Å²) in [7, 11) is -3.60. The van der Waals surface area contributed by atoms with E-state index in [2.05, 4.69) is 0 Å². The van der Waals surface area contributed by atoms with Gasteiger partial charge in [-0.15, -0.1) is 0 Å². The Morgan fingerprint density at radius 2 is 1.95 bits per heavy atom. The zero-order valence-corrected chi connectivity index (χ0v) is 13.5.